The lowest BCUT2D eigenvalue weighted by Crippen LogP contribution is -3.06. The second-order valence-corrected chi connectivity index (χ2v) is 8.28. The fraction of sp³-hybridized carbons (Fsp3) is 0.333. The molecule has 0 fully saturated rings. The molecule has 0 aliphatic heterocycles. The van der Waals surface area contributed by atoms with Gasteiger partial charge in [0.1, 0.15) is 0 Å². The molecule has 0 spiro atoms. The number of nitrogens with one attached hydrogen (secondary N) is 1. The van der Waals surface area contributed by atoms with E-state index < -0.39 is 0 Å². The van der Waals surface area contributed by atoms with Gasteiger partial charge < -0.3 is 9.80 Å². The van der Waals surface area contributed by atoms with Crippen LogP contribution in [0.3, 0.4) is 0 Å². The van der Waals surface area contributed by atoms with Crippen LogP contribution in [0.15, 0.2) is 42.5 Å². The molecule has 0 saturated carbocycles. The number of aromatic nitrogens is 1. The Kier molecular flexibility index (Phi) is 5.77. The second-order valence-electron chi connectivity index (χ2n) is 7.27. The number of hydrogen-bond acceptors (Lipinski definition) is 4. The summed E-state index contributed by atoms with van der Waals surface area (Å²) in [5, 5.41) is 0.766. The molecule has 27 heavy (non-hydrogen) atoms. The maximum Gasteiger partial charge on any atom is 0.260 e. The highest BCUT2D eigenvalue weighted by Crippen LogP contribution is 2.31. The number of carbonyl (C=O) groups excluding carboxylic acids is 1. The minimum absolute atomic E-state index is 0.00161. The zero-order valence-corrected chi connectivity index (χ0v) is 17.4. The first-order valence-corrected chi connectivity index (χ1v) is 9.93. The van der Waals surface area contributed by atoms with Gasteiger partial charge in [0, 0.05) is 25.3 Å². The Morgan fingerprint density at radius 2 is 1.81 bits per heavy atom. The van der Waals surface area contributed by atoms with Crippen molar-refractivity contribution in [3.8, 4) is 0 Å². The molecule has 5 nitrogen and oxygen atoms in total. The number of aryl methyl sites for hydroxylation is 1. The first kappa shape index (κ1) is 19.3. The summed E-state index contributed by atoms with van der Waals surface area (Å²) in [6, 6.07) is 13.9. The normalized spacial score (nSPS) is 11.2. The van der Waals surface area contributed by atoms with Gasteiger partial charge in [0.25, 0.3) is 5.91 Å². The van der Waals surface area contributed by atoms with E-state index in [2.05, 4.69) is 33.2 Å². The van der Waals surface area contributed by atoms with Crippen molar-refractivity contribution < 1.29 is 9.69 Å². The highest BCUT2D eigenvalue weighted by atomic mass is 32.1. The number of rotatable bonds is 6. The molecule has 2 aromatic carbocycles. The third kappa shape index (κ3) is 4.28. The average molecular weight is 384 g/mol. The Bertz CT molecular complexity index is 931. The Hall–Kier alpha value is -2.44. The van der Waals surface area contributed by atoms with E-state index >= 15 is 0 Å². The molecule has 1 amide bonds. The van der Waals surface area contributed by atoms with Gasteiger partial charge in [-0.3, -0.25) is 9.69 Å². The van der Waals surface area contributed by atoms with Gasteiger partial charge in [-0.2, -0.15) is 0 Å². The number of benzene rings is 2. The van der Waals surface area contributed by atoms with E-state index in [0.29, 0.717) is 12.1 Å². The molecular formula is C21H27N4OS+. The summed E-state index contributed by atoms with van der Waals surface area (Å²) in [6.45, 7) is 3.55. The van der Waals surface area contributed by atoms with E-state index in [1.165, 1.54) is 4.90 Å². The summed E-state index contributed by atoms with van der Waals surface area (Å²) in [7, 11) is 8.17. The van der Waals surface area contributed by atoms with Crippen LogP contribution in [-0.4, -0.2) is 52.2 Å². The number of carbonyl (C=O) groups is 1. The minimum Gasteiger partial charge on any atom is -0.378 e. The lowest BCUT2D eigenvalue weighted by atomic mass is 10.1. The Morgan fingerprint density at radius 3 is 2.41 bits per heavy atom. The summed E-state index contributed by atoms with van der Waals surface area (Å²) in [6.07, 6.45) is 0. The van der Waals surface area contributed by atoms with Crippen LogP contribution >= 0.6 is 11.3 Å². The van der Waals surface area contributed by atoms with Crippen molar-refractivity contribution in [2.24, 2.45) is 0 Å². The molecule has 0 unspecified atom stereocenters. The molecule has 1 N–H and O–H groups in total. The van der Waals surface area contributed by atoms with Crippen LogP contribution < -0.4 is 14.7 Å². The quantitative estimate of drug-likeness (QED) is 0.711. The third-order valence-corrected chi connectivity index (χ3v) is 5.60. The van der Waals surface area contributed by atoms with Gasteiger partial charge in [-0.05, 0) is 42.8 Å². The molecular weight excluding hydrogens is 356 g/mol. The van der Waals surface area contributed by atoms with Gasteiger partial charge >= 0.3 is 0 Å². The highest BCUT2D eigenvalue weighted by molar-refractivity contribution is 7.22. The molecule has 0 saturated heterocycles. The van der Waals surface area contributed by atoms with Gasteiger partial charge in [0.15, 0.2) is 5.13 Å². The van der Waals surface area contributed by atoms with E-state index in [1.807, 2.05) is 54.2 Å². The van der Waals surface area contributed by atoms with Gasteiger partial charge in [-0.15, -0.1) is 0 Å². The molecule has 0 atom stereocenters. The first-order chi connectivity index (χ1) is 12.9. The van der Waals surface area contributed by atoms with E-state index in [1.54, 1.807) is 11.3 Å². The number of hydrogen-bond donors (Lipinski definition) is 1. The molecule has 0 aliphatic rings. The monoisotopic (exact) mass is 383 g/mol. The largest absolute Gasteiger partial charge is 0.378 e. The number of nitrogens with zero attached hydrogens (tertiary/aromatic N) is 3. The number of fused-ring (bicyclic) bond motifs is 1. The molecule has 142 valence electrons. The number of para-hydroxylation sites is 1. The lowest BCUT2D eigenvalue weighted by molar-refractivity contribution is -0.856. The summed E-state index contributed by atoms with van der Waals surface area (Å²) in [5.41, 5.74) is 3.88. The van der Waals surface area contributed by atoms with Crippen LogP contribution in [0.1, 0.15) is 15.9 Å². The first-order valence-electron chi connectivity index (χ1n) is 9.11. The van der Waals surface area contributed by atoms with E-state index in [-0.39, 0.29) is 5.91 Å². The van der Waals surface area contributed by atoms with Crippen LogP contribution in [-0.2, 0) is 0 Å². The predicted molar refractivity (Wildman–Crippen MR) is 114 cm³/mol. The van der Waals surface area contributed by atoms with E-state index in [4.69, 9.17) is 4.98 Å². The fourth-order valence-electron chi connectivity index (χ4n) is 2.87. The van der Waals surface area contributed by atoms with Crippen molar-refractivity contribution in [3.63, 3.8) is 0 Å². The van der Waals surface area contributed by atoms with Crippen molar-refractivity contribution in [3.05, 3.63) is 53.6 Å². The van der Waals surface area contributed by atoms with Gasteiger partial charge in [-0.25, -0.2) is 4.98 Å². The van der Waals surface area contributed by atoms with Crippen molar-refractivity contribution in [1.29, 1.82) is 0 Å². The zero-order valence-electron chi connectivity index (χ0n) is 16.6. The average Bonchev–Trinajstić information content (AvgIpc) is 3.07. The molecule has 6 heteroatoms. The Balaban J connectivity index is 1.96. The van der Waals surface area contributed by atoms with Crippen LogP contribution in [0.2, 0.25) is 0 Å². The number of quaternary nitrogens is 1. The fourth-order valence-corrected chi connectivity index (χ4v) is 3.94. The van der Waals surface area contributed by atoms with E-state index in [9.17, 15) is 4.79 Å². The lowest BCUT2D eigenvalue weighted by Gasteiger charge is -2.21. The Morgan fingerprint density at radius 1 is 1.11 bits per heavy atom. The van der Waals surface area contributed by atoms with Crippen LogP contribution in [0.5, 0.6) is 0 Å². The topological polar surface area (TPSA) is 40.9 Å². The van der Waals surface area contributed by atoms with Gasteiger partial charge in [-0.1, -0.05) is 23.5 Å². The number of amides is 1. The van der Waals surface area contributed by atoms with Crippen molar-refractivity contribution >= 4 is 38.3 Å². The van der Waals surface area contributed by atoms with Crippen LogP contribution in [0.25, 0.3) is 10.2 Å². The molecule has 0 aliphatic carbocycles. The zero-order chi connectivity index (χ0) is 19.6. The maximum atomic E-state index is 13.3. The molecule has 3 aromatic rings. The van der Waals surface area contributed by atoms with Crippen LogP contribution in [0.4, 0.5) is 10.8 Å². The van der Waals surface area contributed by atoms with Crippen molar-refractivity contribution in [2.45, 2.75) is 6.92 Å². The predicted octanol–water partition coefficient (Wildman–Crippen LogP) is 2.46. The summed E-state index contributed by atoms with van der Waals surface area (Å²) >= 11 is 1.58. The van der Waals surface area contributed by atoms with E-state index in [0.717, 1.165) is 33.1 Å². The van der Waals surface area contributed by atoms with Crippen molar-refractivity contribution in [1.82, 2.24) is 4.98 Å². The summed E-state index contributed by atoms with van der Waals surface area (Å²) in [5.74, 6) is -0.00161. The second kappa shape index (κ2) is 8.06. The molecule has 1 aromatic heterocycles. The number of likely N-dealkylation sites (N-methyl/N-ethyl adjacent to an activating group) is 1. The minimum atomic E-state index is -0.00161. The SMILES string of the molecule is Cc1cccc2sc(N(CC[NH+](C)C)C(=O)c3ccc(N(C)C)cc3)nc12. The molecule has 3 rings (SSSR count). The van der Waals surface area contributed by atoms with Crippen LogP contribution in [0, 0.1) is 6.92 Å². The molecule has 0 bridgehead atoms. The molecule has 1 heterocycles. The van der Waals surface area contributed by atoms with Crippen molar-refractivity contribution in [2.75, 3.05) is 51.1 Å². The smallest absolute Gasteiger partial charge is 0.260 e. The highest BCUT2D eigenvalue weighted by Gasteiger charge is 2.22. The third-order valence-electron chi connectivity index (χ3n) is 4.55. The molecule has 0 radical (unpaired) electrons. The Labute approximate surface area is 164 Å². The maximum absolute atomic E-state index is 13.3. The number of thiazole rings is 1. The summed E-state index contributed by atoms with van der Waals surface area (Å²) < 4.78 is 1.11. The van der Waals surface area contributed by atoms with Gasteiger partial charge in [0.05, 0.1) is 37.4 Å². The standard InChI is InChI=1S/C21H26N4OS/c1-15-7-6-8-18-19(15)22-21(27-18)25(14-13-23(2)3)20(26)16-9-11-17(12-10-16)24(4)5/h6-12H,13-14H2,1-5H3/p+1. The van der Waals surface area contributed by atoms with Gasteiger partial charge in [0.2, 0.25) is 0 Å². The number of anilines is 2. The summed E-state index contributed by atoms with van der Waals surface area (Å²) in [4.78, 5) is 23.2.